The van der Waals surface area contributed by atoms with Gasteiger partial charge in [-0.3, -0.25) is 4.90 Å². The highest BCUT2D eigenvalue weighted by atomic mass is 15.2. The average molecular weight is 244 g/mol. The lowest BCUT2D eigenvalue weighted by Crippen LogP contribution is -2.54. The summed E-state index contributed by atoms with van der Waals surface area (Å²) in [7, 11) is 0. The first kappa shape index (κ1) is 12.2. The van der Waals surface area contributed by atoms with Crippen molar-refractivity contribution < 1.29 is 0 Å². The van der Waals surface area contributed by atoms with Crippen LogP contribution >= 0.6 is 0 Å². The van der Waals surface area contributed by atoms with Crippen LogP contribution in [0.25, 0.3) is 0 Å². The molecule has 2 aliphatic rings. The van der Waals surface area contributed by atoms with Gasteiger partial charge < -0.3 is 5.73 Å². The number of fused-ring (bicyclic) bond motifs is 1. The first-order valence-electron chi connectivity index (χ1n) is 7.07. The van der Waals surface area contributed by atoms with Crippen molar-refractivity contribution in [3.8, 4) is 0 Å². The molecule has 98 valence electrons. The lowest BCUT2D eigenvalue weighted by atomic mass is 9.91. The Balaban J connectivity index is 1.87. The molecule has 0 aromatic heterocycles. The summed E-state index contributed by atoms with van der Waals surface area (Å²) in [6.07, 6.45) is 3.57. The summed E-state index contributed by atoms with van der Waals surface area (Å²) in [5, 5.41) is 0. The second-order valence-electron chi connectivity index (χ2n) is 6.89. The Labute approximate surface area is 110 Å². The molecule has 0 unspecified atom stereocenters. The maximum atomic E-state index is 6.17. The zero-order valence-electron chi connectivity index (χ0n) is 11.6. The molecule has 3 rings (SSSR count). The third-order valence-corrected chi connectivity index (χ3v) is 4.89. The molecule has 2 heteroatoms. The van der Waals surface area contributed by atoms with E-state index in [1.54, 1.807) is 0 Å². The average Bonchev–Trinajstić information content (AvgIpc) is 2.90. The summed E-state index contributed by atoms with van der Waals surface area (Å²) >= 11 is 0. The number of likely N-dealkylation sites (tertiary alicyclic amines) is 1. The number of benzene rings is 1. The third-order valence-electron chi connectivity index (χ3n) is 4.89. The highest BCUT2D eigenvalue weighted by Crippen LogP contribution is 2.40. The van der Waals surface area contributed by atoms with Crippen LogP contribution in [-0.4, -0.2) is 30.1 Å². The van der Waals surface area contributed by atoms with Crippen molar-refractivity contribution in [3.05, 3.63) is 35.4 Å². The first-order chi connectivity index (χ1) is 8.55. The molecule has 0 radical (unpaired) electrons. The van der Waals surface area contributed by atoms with Gasteiger partial charge in [0.1, 0.15) is 0 Å². The van der Waals surface area contributed by atoms with Crippen LogP contribution < -0.4 is 5.73 Å². The fourth-order valence-corrected chi connectivity index (χ4v) is 3.69. The van der Waals surface area contributed by atoms with Gasteiger partial charge in [0.05, 0.1) is 0 Å². The number of hydrogen-bond acceptors (Lipinski definition) is 2. The molecule has 0 saturated carbocycles. The van der Waals surface area contributed by atoms with E-state index in [2.05, 4.69) is 43.0 Å². The molecule has 0 atom stereocenters. The molecule has 1 aromatic rings. The Morgan fingerprint density at radius 3 is 2.22 bits per heavy atom. The van der Waals surface area contributed by atoms with E-state index in [0.717, 1.165) is 19.4 Å². The van der Waals surface area contributed by atoms with Gasteiger partial charge >= 0.3 is 0 Å². The van der Waals surface area contributed by atoms with E-state index in [4.69, 9.17) is 5.73 Å². The lowest BCUT2D eigenvalue weighted by molar-refractivity contribution is 0.120. The molecule has 1 fully saturated rings. The van der Waals surface area contributed by atoms with Gasteiger partial charge in [0.2, 0.25) is 0 Å². The number of nitrogens with two attached hydrogens (primary N) is 1. The van der Waals surface area contributed by atoms with Crippen molar-refractivity contribution in [2.45, 2.75) is 38.6 Å². The topological polar surface area (TPSA) is 29.3 Å². The van der Waals surface area contributed by atoms with Crippen LogP contribution in [0.3, 0.4) is 0 Å². The van der Waals surface area contributed by atoms with Crippen molar-refractivity contribution in [2.75, 3.05) is 19.6 Å². The highest BCUT2D eigenvalue weighted by molar-refractivity contribution is 5.37. The summed E-state index contributed by atoms with van der Waals surface area (Å²) in [6, 6.07) is 8.85. The molecule has 1 heterocycles. The molecule has 1 aliphatic carbocycles. The van der Waals surface area contributed by atoms with Crippen LogP contribution in [0.2, 0.25) is 0 Å². The van der Waals surface area contributed by atoms with E-state index in [9.17, 15) is 0 Å². The minimum absolute atomic E-state index is 0.192. The Morgan fingerprint density at radius 2 is 1.78 bits per heavy atom. The summed E-state index contributed by atoms with van der Waals surface area (Å²) in [5.41, 5.74) is 9.84. The summed E-state index contributed by atoms with van der Waals surface area (Å²) in [6.45, 7) is 7.92. The molecular formula is C16H24N2. The van der Waals surface area contributed by atoms with Crippen LogP contribution in [0.1, 0.15) is 31.4 Å². The van der Waals surface area contributed by atoms with Crippen LogP contribution in [0.15, 0.2) is 24.3 Å². The maximum Gasteiger partial charge on any atom is 0.0412 e. The standard InChI is InChI=1S/C16H24N2/c1-15(2)7-8-18(12-15)16(11-17)9-13-5-3-4-6-14(13)10-16/h3-6H,7-12,17H2,1-2H3. The molecular weight excluding hydrogens is 220 g/mol. The molecule has 0 bridgehead atoms. The Hall–Kier alpha value is -0.860. The molecule has 0 spiro atoms. The molecule has 1 saturated heterocycles. The van der Waals surface area contributed by atoms with Gasteiger partial charge in [-0.05, 0) is 42.3 Å². The highest BCUT2D eigenvalue weighted by Gasteiger charge is 2.45. The molecule has 1 aromatic carbocycles. The number of hydrogen-bond donors (Lipinski definition) is 1. The van der Waals surface area contributed by atoms with Gasteiger partial charge in [0.25, 0.3) is 0 Å². The third kappa shape index (κ3) is 1.88. The van der Waals surface area contributed by atoms with Gasteiger partial charge in [-0.15, -0.1) is 0 Å². The smallest absolute Gasteiger partial charge is 0.0412 e. The van der Waals surface area contributed by atoms with Crippen LogP contribution in [0.5, 0.6) is 0 Å². The summed E-state index contributed by atoms with van der Waals surface area (Å²) < 4.78 is 0. The predicted molar refractivity (Wildman–Crippen MR) is 75.6 cm³/mol. The van der Waals surface area contributed by atoms with E-state index in [1.807, 2.05) is 0 Å². The lowest BCUT2D eigenvalue weighted by Gasteiger charge is -2.38. The van der Waals surface area contributed by atoms with Gasteiger partial charge in [-0.25, -0.2) is 0 Å². The number of rotatable bonds is 2. The maximum absolute atomic E-state index is 6.17. The zero-order valence-corrected chi connectivity index (χ0v) is 11.6. The minimum atomic E-state index is 0.192. The minimum Gasteiger partial charge on any atom is -0.329 e. The van der Waals surface area contributed by atoms with E-state index >= 15 is 0 Å². The normalized spacial score (nSPS) is 25.3. The van der Waals surface area contributed by atoms with Crippen LogP contribution in [0.4, 0.5) is 0 Å². The quantitative estimate of drug-likeness (QED) is 0.864. The zero-order chi connectivity index (χ0) is 12.8. The van der Waals surface area contributed by atoms with Crippen LogP contribution in [-0.2, 0) is 12.8 Å². The van der Waals surface area contributed by atoms with Gasteiger partial charge in [0.15, 0.2) is 0 Å². The van der Waals surface area contributed by atoms with E-state index in [1.165, 1.54) is 30.6 Å². The molecule has 18 heavy (non-hydrogen) atoms. The first-order valence-corrected chi connectivity index (χ1v) is 7.07. The van der Waals surface area contributed by atoms with Crippen molar-refractivity contribution >= 4 is 0 Å². The second kappa shape index (κ2) is 4.07. The Kier molecular flexibility index (Phi) is 2.76. The summed E-state index contributed by atoms with van der Waals surface area (Å²) in [5.74, 6) is 0. The monoisotopic (exact) mass is 244 g/mol. The fraction of sp³-hybridized carbons (Fsp3) is 0.625. The molecule has 2 N–H and O–H groups in total. The van der Waals surface area contributed by atoms with E-state index in [-0.39, 0.29) is 5.54 Å². The SMILES string of the molecule is CC1(C)CCN(C2(CN)Cc3ccccc3C2)C1. The second-order valence-corrected chi connectivity index (χ2v) is 6.89. The molecule has 0 amide bonds. The van der Waals surface area contributed by atoms with Gasteiger partial charge in [0, 0.05) is 18.6 Å². The number of nitrogens with zero attached hydrogens (tertiary/aromatic N) is 1. The van der Waals surface area contributed by atoms with Crippen molar-refractivity contribution in [3.63, 3.8) is 0 Å². The summed E-state index contributed by atoms with van der Waals surface area (Å²) in [4.78, 5) is 2.66. The Morgan fingerprint density at radius 1 is 1.17 bits per heavy atom. The fourth-order valence-electron chi connectivity index (χ4n) is 3.69. The van der Waals surface area contributed by atoms with Crippen molar-refractivity contribution in [1.29, 1.82) is 0 Å². The van der Waals surface area contributed by atoms with Crippen LogP contribution in [0, 0.1) is 5.41 Å². The Bertz CT molecular complexity index is 425. The van der Waals surface area contributed by atoms with Gasteiger partial charge in [-0.1, -0.05) is 38.1 Å². The molecule has 2 nitrogen and oxygen atoms in total. The van der Waals surface area contributed by atoms with Gasteiger partial charge in [-0.2, -0.15) is 0 Å². The van der Waals surface area contributed by atoms with Crippen molar-refractivity contribution in [1.82, 2.24) is 4.90 Å². The predicted octanol–water partition coefficient (Wildman–Crippen LogP) is 2.21. The van der Waals surface area contributed by atoms with E-state index in [0.29, 0.717) is 5.41 Å². The van der Waals surface area contributed by atoms with Crippen molar-refractivity contribution in [2.24, 2.45) is 11.1 Å². The largest absolute Gasteiger partial charge is 0.329 e. The van der Waals surface area contributed by atoms with E-state index < -0.39 is 0 Å². The molecule has 1 aliphatic heterocycles.